The summed E-state index contributed by atoms with van der Waals surface area (Å²) in [6, 6.07) is 14.2. The van der Waals surface area contributed by atoms with E-state index in [1.54, 1.807) is 24.3 Å². The summed E-state index contributed by atoms with van der Waals surface area (Å²) in [5.74, 6) is -0.449. The van der Waals surface area contributed by atoms with Crippen molar-refractivity contribution >= 4 is 21.7 Å². The van der Waals surface area contributed by atoms with Crippen LogP contribution in [0.5, 0.6) is 5.75 Å². The molecule has 9 heteroatoms. The molecule has 0 aliphatic heterocycles. The Morgan fingerprint density at radius 1 is 1.00 bits per heavy atom. The normalized spacial score (nSPS) is 11.3. The van der Waals surface area contributed by atoms with E-state index in [1.807, 2.05) is 19.9 Å². The maximum atomic E-state index is 13.8. The Hall–Kier alpha value is -3.33. The maximum Gasteiger partial charge on any atom is 0.308 e. The number of rotatable bonds is 11. The molecular formula is C25H29FN2O5S. The Morgan fingerprint density at radius 3 is 2.38 bits per heavy atom. The number of anilines is 1. The molecule has 182 valence electrons. The van der Waals surface area contributed by atoms with Gasteiger partial charge in [0.25, 0.3) is 5.91 Å². The monoisotopic (exact) mass is 488 g/mol. The predicted octanol–water partition coefficient (Wildman–Crippen LogP) is 4.84. The molecule has 0 saturated carbocycles. The van der Waals surface area contributed by atoms with Gasteiger partial charge in [0.2, 0.25) is 0 Å². The molecule has 2 aromatic carbocycles. The van der Waals surface area contributed by atoms with Gasteiger partial charge in [0, 0.05) is 36.0 Å². The summed E-state index contributed by atoms with van der Waals surface area (Å²) in [7, 11) is -3.80. The second kappa shape index (κ2) is 11.2. The van der Waals surface area contributed by atoms with Gasteiger partial charge < -0.3 is 18.4 Å². The Bertz CT molecular complexity index is 1210. The van der Waals surface area contributed by atoms with Crippen LogP contribution in [0.1, 0.15) is 42.5 Å². The molecule has 0 bridgehead atoms. The molecule has 0 unspecified atom stereocenters. The number of nitrogens with zero attached hydrogens (tertiary/aromatic N) is 2. The molecule has 1 aromatic heterocycles. The van der Waals surface area contributed by atoms with Crippen molar-refractivity contribution in [1.29, 1.82) is 0 Å². The number of carbonyl (C=O) groups is 1. The molecule has 0 fully saturated rings. The molecule has 0 atom stereocenters. The minimum absolute atomic E-state index is 0.0309. The van der Waals surface area contributed by atoms with Gasteiger partial charge >= 0.3 is 10.1 Å². The van der Waals surface area contributed by atoms with Crippen LogP contribution in [0.15, 0.2) is 65.3 Å². The number of furan rings is 1. The van der Waals surface area contributed by atoms with Crippen molar-refractivity contribution in [3.63, 3.8) is 0 Å². The van der Waals surface area contributed by atoms with Gasteiger partial charge in [-0.3, -0.25) is 4.79 Å². The van der Waals surface area contributed by atoms with E-state index in [1.165, 1.54) is 42.4 Å². The zero-order valence-corrected chi connectivity index (χ0v) is 20.3. The van der Waals surface area contributed by atoms with Crippen LogP contribution in [0.2, 0.25) is 0 Å². The Labute approximate surface area is 199 Å². The molecule has 1 heterocycles. The molecule has 0 radical (unpaired) electrons. The van der Waals surface area contributed by atoms with Crippen LogP contribution in [0.3, 0.4) is 0 Å². The van der Waals surface area contributed by atoms with Crippen LogP contribution < -0.4 is 9.08 Å². The average Bonchev–Trinajstić information content (AvgIpc) is 3.33. The van der Waals surface area contributed by atoms with Crippen molar-refractivity contribution in [3.05, 3.63) is 83.6 Å². The highest BCUT2D eigenvalue weighted by Crippen LogP contribution is 2.29. The topological polar surface area (TPSA) is 80.1 Å². The number of halogens is 1. The number of amides is 1. The Kier molecular flexibility index (Phi) is 8.33. The molecule has 0 saturated heterocycles. The van der Waals surface area contributed by atoms with E-state index < -0.39 is 21.8 Å². The summed E-state index contributed by atoms with van der Waals surface area (Å²) in [5.41, 5.74) is 1.49. The highest BCUT2D eigenvalue weighted by Gasteiger charge is 2.22. The number of hydrogen-bond donors (Lipinski definition) is 0. The summed E-state index contributed by atoms with van der Waals surface area (Å²) >= 11 is 0. The van der Waals surface area contributed by atoms with Crippen LogP contribution >= 0.6 is 0 Å². The quantitative estimate of drug-likeness (QED) is 0.360. The fourth-order valence-electron chi connectivity index (χ4n) is 3.53. The fourth-order valence-corrected chi connectivity index (χ4v) is 4.08. The number of benzene rings is 2. The minimum Gasteiger partial charge on any atom is -0.467 e. The average molecular weight is 489 g/mol. The lowest BCUT2D eigenvalue weighted by Gasteiger charge is -2.25. The van der Waals surface area contributed by atoms with Crippen molar-refractivity contribution in [2.24, 2.45) is 0 Å². The largest absolute Gasteiger partial charge is 0.467 e. The van der Waals surface area contributed by atoms with Gasteiger partial charge in [-0.25, -0.2) is 4.39 Å². The molecular weight excluding hydrogens is 459 g/mol. The van der Waals surface area contributed by atoms with Crippen LogP contribution in [-0.2, 0) is 23.2 Å². The summed E-state index contributed by atoms with van der Waals surface area (Å²) in [5, 5.41) is 0. The molecule has 0 aliphatic rings. The van der Waals surface area contributed by atoms with E-state index >= 15 is 0 Å². The third-order valence-corrected chi connectivity index (χ3v) is 6.54. The minimum atomic E-state index is -3.80. The maximum absolute atomic E-state index is 13.8. The summed E-state index contributed by atoms with van der Waals surface area (Å²) in [6.07, 6.45) is 1.50. The zero-order valence-electron chi connectivity index (χ0n) is 19.5. The van der Waals surface area contributed by atoms with Gasteiger partial charge in [-0.15, -0.1) is 0 Å². The van der Waals surface area contributed by atoms with E-state index in [0.29, 0.717) is 11.3 Å². The molecule has 3 rings (SSSR count). The fraction of sp³-hybridized carbons (Fsp3) is 0.320. The van der Waals surface area contributed by atoms with Crippen LogP contribution in [0.4, 0.5) is 10.1 Å². The van der Waals surface area contributed by atoms with Gasteiger partial charge in [0.15, 0.2) is 0 Å². The van der Waals surface area contributed by atoms with Crippen LogP contribution in [0.25, 0.3) is 0 Å². The van der Waals surface area contributed by atoms with Crippen LogP contribution in [-0.4, -0.2) is 38.1 Å². The van der Waals surface area contributed by atoms with Crippen molar-refractivity contribution in [2.45, 2.75) is 33.9 Å². The standard InChI is InChI=1S/C25H29FN2O5S/c1-4-27(5-2)22-13-12-20(24(16-22)33-34(30,31)6-3)17-28(18-23-11-8-14-32-23)25(29)19-9-7-10-21(26)15-19/h7-16H,4-6,17-18H2,1-3H3. The predicted molar refractivity (Wildman–Crippen MR) is 129 cm³/mol. The van der Waals surface area contributed by atoms with E-state index in [4.69, 9.17) is 8.60 Å². The molecule has 34 heavy (non-hydrogen) atoms. The highest BCUT2D eigenvalue weighted by molar-refractivity contribution is 7.87. The first-order chi connectivity index (χ1) is 16.3. The van der Waals surface area contributed by atoms with Crippen molar-refractivity contribution in [2.75, 3.05) is 23.7 Å². The highest BCUT2D eigenvalue weighted by atomic mass is 32.2. The van der Waals surface area contributed by atoms with E-state index in [2.05, 4.69) is 4.90 Å². The number of hydrogen-bond acceptors (Lipinski definition) is 6. The van der Waals surface area contributed by atoms with Gasteiger partial charge in [0.05, 0.1) is 25.1 Å². The molecule has 1 amide bonds. The van der Waals surface area contributed by atoms with Gasteiger partial charge in [-0.05, 0) is 57.2 Å². The van der Waals surface area contributed by atoms with Gasteiger partial charge in [-0.2, -0.15) is 8.42 Å². The van der Waals surface area contributed by atoms with Gasteiger partial charge in [0.1, 0.15) is 17.3 Å². The molecule has 7 nitrogen and oxygen atoms in total. The van der Waals surface area contributed by atoms with E-state index in [-0.39, 0.29) is 30.2 Å². The molecule has 3 aromatic rings. The van der Waals surface area contributed by atoms with Crippen molar-refractivity contribution < 1.29 is 26.2 Å². The Balaban J connectivity index is 2.01. The second-order valence-corrected chi connectivity index (χ2v) is 9.50. The summed E-state index contributed by atoms with van der Waals surface area (Å²) in [6.45, 7) is 7.12. The third-order valence-electron chi connectivity index (χ3n) is 5.40. The summed E-state index contributed by atoms with van der Waals surface area (Å²) in [4.78, 5) is 16.8. The lowest BCUT2D eigenvalue weighted by molar-refractivity contribution is 0.0716. The smallest absolute Gasteiger partial charge is 0.308 e. The first-order valence-corrected chi connectivity index (χ1v) is 12.7. The molecule has 0 N–H and O–H groups in total. The second-order valence-electron chi connectivity index (χ2n) is 7.64. The summed E-state index contributed by atoms with van der Waals surface area (Å²) < 4.78 is 49.2. The number of carbonyl (C=O) groups excluding carboxylic acids is 1. The van der Waals surface area contributed by atoms with Crippen LogP contribution in [0, 0.1) is 5.82 Å². The Morgan fingerprint density at radius 2 is 1.76 bits per heavy atom. The third kappa shape index (κ3) is 6.38. The zero-order chi connectivity index (χ0) is 24.7. The van der Waals surface area contributed by atoms with Gasteiger partial charge in [-0.1, -0.05) is 12.1 Å². The molecule has 0 spiro atoms. The molecule has 0 aliphatic carbocycles. The first kappa shape index (κ1) is 25.3. The SMILES string of the molecule is CCN(CC)c1ccc(CN(Cc2ccco2)C(=O)c2cccc(F)c2)c(OS(=O)(=O)CC)c1. The van der Waals surface area contributed by atoms with E-state index in [9.17, 15) is 17.6 Å². The lowest BCUT2D eigenvalue weighted by Crippen LogP contribution is -2.30. The lowest BCUT2D eigenvalue weighted by atomic mass is 10.1. The van der Waals surface area contributed by atoms with Crippen molar-refractivity contribution in [1.82, 2.24) is 4.90 Å². The van der Waals surface area contributed by atoms with E-state index in [0.717, 1.165) is 18.8 Å². The first-order valence-electron chi connectivity index (χ1n) is 11.1. The van der Waals surface area contributed by atoms with Crippen molar-refractivity contribution in [3.8, 4) is 5.75 Å².